The normalized spacial score (nSPS) is 23.9. The Morgan fingerprint density at radius 2 is 1.92 bits per heavy atom. The van der Waals surface area contributed by atoms with Crippen molar-refractivity contribution in [2.24, 2.45) is 11.1 Å². The van der Waals surface area contributed by atoms with E-state index >= 15 is 0 Å². The first-order chi connectivity index (χ1) is 11.4. The standard InChI is InChI=1S/C20H28N2OS/c1-20(2)9-7-17(8-10-20)22-12-18-11-16(13-24-18)14-3-5-15(6-4-14)19(21)23/h3-6,11,16-17,22H,7-10,12-13H2,1-2H3,(H2,21,23). The molecule has 1 aliphatic heterocycles. The number of nitrogens with two attached hydrogens (primary N) is 1. The van der Waals surface area contributed by atoms with Crippen LogP contribution in [0.2, 0.25) is 0 Å². The van der Waals surface area contributed by atoms with Crippen molar-refractivity contribution >= 4 is 17.7 Å². The molecule has 1 aromatic rings. The Bertz CT molecular complexity index is 611. The number of benzene rings is 1. The zero-order valence-corrected chi connectivity index (χ0v) is 15.5. The molecule has 0 spiro atoms. The van der Waals surface area contributed by atoms with Crippen molar-refractivity contribution in [1.82, 2.24) is 5.32 Å². The number of allylic oxidation sites excluding steroid dienone is 1. The van der Waals surface area contributed by atoms with E-state index in [-0.39, 0.29) is 5.91 Å². The number of amides is 1. The molecule has 1 saturated carbocycles. The molecule has 1 aromatic carbocycles. The topological polar surface area (TPSA) is 55.1 Å². The minimum Gasteiger partial charge on any atom is -0.366 e. The SMILES string of the molecule is CC1(C)CCC(NCC2=CC(c3ccc(C(N)=O)cc3)CS2)CC1. The molecule has 1 heterocycles. The fourth-order valence-electron chi connectivity index (χ4n) is 3.56. The van der Waals surface area contributed by atoms with E-state index in [1.165, 1.54) is 36.2 Å². The fourth-order valence-corrected chi connectivity index (χ4v) is 4.69. The van der Waals surface area contributed by atoms with Crippen LogP contribution in [-0.2, 0) is 0 Å². The first kappa shape index (κ1) is 17.6. The number of rotatable bonds is 5. The molecule has 24 heavy (non-hydrogen) atoms. The van der Waals surface area contributed by atoms with Gasteiger partial charge in [0.2, 0.25) is 5.91 Å². The van der Waals surface area contributed by atoms with Crippen molar-refractivity contribution in [3.05, 3.63) is 46.4 Å². The second-order valence-electron chi connectivity index (χ2n) is 7.86. The van der Waals surface area contributed by atoms with Crippen molar-refractivity contribution in [1.29, 1.82) is 0 Å². The highest BCUT2D eigenvalue weighted by molar-refractivity contribution is 8.03. The summed E-state index contributed by atoms with van der Waals surface area (Å²) in [6.07, 6.45) is 7.62. The lowest BCUT2D eigenvalue weighted by molar-refractivity contribution is 0.100. The van der Waals surface area contributed by atoms with E-state index in [0.29, 0.717) is 22.9 Å². The summed E-state index contributed by atoms with van der Waals surface area (Å²) >= 11 is 1.95. The van der Waals surface area contributed by atoms with Crippen LogP contribution in [0.5, 0.6) is 0 Å². The quantitative estimate of drug-likeness (QED) is 0.847. The van der Waals surface area contributed by atoms with Gasteiger partial charge in [0.1, 0.15) is 0 Å². The maximum absolute atomic E-state index is 11.2. The molecule has 4 heteroatoms. The molecule has 0 radical (unpaired) electrons. The number of nitrogens with one attached hydrogen (secondary N) is 1. The van der Waals surface area contributed by atoms with Crippen molar-refractivity contribution in [3.63, 3.8) is 0 Å². The predicted molar refractivity (Wildman–Crippen MR) is 102 cm³/mol. The van der Waals surface area contributed by atoms with Gasteiger partial charge in [-0.1, -0.05) is 32.1 Å². The number of thioether (sulfide) groups is 1. The molecule has 1 aliphatic carbocycles. The average Bonchev–Trinajstić information content (AvgIpc) is 3.03. The van der Waals surface area contributed by atoms with Crippen molar-refractivity contribution in [2.45, 2.75) is 51.5 Å². The summed E-state index contributed by atoms with van der Waals surface area (Å²) in [7, 11) is 0. The summed E-state index contributed by atoms with van der Waals surface area (Å²) < 4.78 is 0. The Hall–Kier alpha value is -1.26. The van der Waals surface area contributed by atoms with Crippen LogP contribution in [0.15, 0.2) is 35.2 Å². The fraction of sp³-hybridized carbons (Fsp3) is 0.550. The third kappa shape index (κ3) is 4.42. The summed E-state index contributed by atoms with van der Waals surface area (Å²) in [4.78, 5) is 12.6. The molecule has 3 rings (SSSR count). The summed E-state index contributed by atoms with van der Waals surface area (Å²) in [5.74, 6) is 1.17. The van der Waals surface area contributed by atoms with Crippen LogP contribution in [-0.4, -0.2) is 24.2 Å². The molecule has 0 saturated heterocycles. The van der Waals surface area contributed by atoms with Gasteiger partial charge in [-0.3, -0.25) is 4.79 Å². The zero-order valence-electron chi connectivity index (χ0n) is 14.7. The van der Waals surface area contributed by atoms with Crippen molar-refractivity contribution in [3.8, 4) is 0 Å². The lowest BCUT2D eigenvalue weighted by Gasteiger charge is -2.34. The van der Waals surface area contributed by atoms with Crippen LogP contribution in [0.3, 0.4) is 0 Å². The van der Waals surface area contributed by atoms with E-state index in [1.807, 2.05) is 36.0 Å². The Morgan fingerprint density at radius 1 is 1.25 bits per heavy atom. The predicted octanol–water partition coefficient (Wildman–Crippen LogP) is 4.06. The molecular formula is C20H28N2OS. The molecular weight excluding hydrogens is 316 g/mol. The summed E-state index contributed by atoms with van der Waals surface area (Å²) in [5.41, 5.74) is 7.68. The van der Waals surface area contributed by atoms with Crippen LogP contribution in [0.25, 0.3) is 0 Å². The van der Waals surface area contributed by atoms with Gasteiger partial charge in [-0.15, -0.1) is 11.8 Å². The summed E-state index contributed by atoms with van der Waals surface area (Å²) in [6.45, 7) is 5.75. The first-order valence-corrected chi connectivity index (χ1v) is 9.88. The Morgan fingerprint density at radius 3 is 2.54 bits per heavy atom. The van der Waals surface area contributed by atoms with E-state index in [1.54, 1.807) is 0 Å². The Balaban J connectivity index is 1.51. The van der Waals surface area contributed by atoms with Gasteiger partial charge in [0.05, 0.1) is 0 Å². The van der Waals surface area contributed by atoms with Crippen LogP contribution < -0.4 is 11.1 Å². The van der Waals surface area contributed by atoms with Gasteiger partial charge in [-0.2, -0.15) is 0 Å². The molecule has 130 valence electrons. The summed E-state index contributed by atoms with van der Waals surface area (Å²) in [6, 6.07) is 8.39. The number of hydrogen-bond donors (Lipinski definition) is 2. The summed E-state index contributed by atoms with van der Waals surface area (Å²) in [5, 5.41) is 3.75. The van der Waals surface area contributed by atoms with Gasteiger partial charge in [0, 0.05) is 29.8 Å². The minimum absolute atomic E-state index is 0.363. The zero-order chi connectivity index (χ0) is 17.2. The molecule has 3 N–H and O–H groups in total. The first-order valence-electron chi connectivity index (χ1n) is 8.90. The Kier molecular flexibility index (Phi) is 5.36. The number of primary amides is 1. The number of hydrogen-bond acceptors (Lipinski definition) is 3. The highest BCUT2D eigenvalue weighted by Crippen LogP contribution is 2.37. The minimum atomic E-state index is -0.363. The van der Waals surface area contributed by atoms with E-state index in [2.05, 4.69) is 25.2 Å². The second-order valence-corrected chi connectivity index (χ2v) is 9.00. The third-order valence-electron chi connectivity index (χ3n) is 5.36. The van der Waals surface area contributed by atoms with E-state index < -0.39 is 0 Å². The molecule has 1 atom stereocenters. The van der Waals surface area contributed by atoms with Gasteiger partial charge >= 0.3 is 0 Å². The van der Waals surface area contributed by atoms with Crippen molar-refractivity contribution in [2.75, 3.05) is 12.3 Å². The highest BCUT2D eigenvalue weighted by Gasteiger charge is 2.27. The van der Waals surface area contributed by atoms with Crippen LogP contribution in [0.1, 0.15) is 61.4 Å². The molecule has 1 fully saturated rings. The largest absolute Gasteiger partial charge is 0.366 e. The number of carbonyl (C=O) groups is 1. The van der Waals surface area contributed by atoms with Gasteiger partial charge in [-0.05, 0) is 53.7 Å². The van der Waals surface area contributed by atoms with Gasteiger partial charge < -0.3 is 11.1 Å². The molecule has 3 nitrogen and oxygen atoms in total. The smallest absolute Gasteiger partial charge is 0.248 e. The van der Waals surface area contributed by atoms with E-state index in [0.717, 1.165) is 12.3 Å². The van der Waals surface area contributed by atoms with Gasteiger partial charge in [0.15, 0.2) is 0 Å². The van der Waals surface area contributed by atoms with Crippen molar-refractivity contribution < 1.29 is 4.79 Å². The maximum atomic E-state index is 11.2. The lowest BCUT2D eigenvalue weighted by atomic mass is 9.75. The molecule has 0 bridgehead atoms. The van der Waals surface area contributed by atoms with Crippen LogP contribution in [0, 0.1) is 5.41 Å². The molecule has 2 aliphatic rings. The lowest BCUT2D eigenvalue weighted by Crippen LogP contribution is -2.36. The Labute approximate surface area is 149 Å². The average molecular weight is 345 g/mol. The second kappa shape index (κ2) is 7.32. The molecule has 1 amide bonds. The maximum Gasteiger partial charge on any atom is 0.248 e. The van der Waals surface area contributed by atoms with E-state index in [9.17, 15) is 4.79 Å². The number of carbonyl (C=O) groups excluding carboxylic acids is 1. The van der Waals surface area contributed by atoms with Crippen LogP contribution >= 0.6 is 11.8 Å². The molecule has 1 unspecified atom stereocenters. The van der Waals surface area contributed by atoms with Gasteiger partial charge in [-0.25, -0.2) is 0 Å². The van der Waals surface area contributed by atoms with Crippen LogP contribution in [0.4, 0.5) is 0 Å². The monoisotopic (exact) mass is 344 g/mol. The molecule has 0 aromatic heterocycles. The third-order valence-corrected chi connectivity index (χ3v) is 6.54. The van der Waals surface area contributed by atoms with E-state index in [4.69, 9.17) is 5.73 Å². The highest BCUT2D eigenvalue weighted by atomic mass is 32.2. The van der Waals surface area contributed by atoms with Gasteiger partial charge in [0.25, 0.3) is 0 Å².